The number of aryl methyl sites for hydroxylation is 2. The molecule has 2 amide bonds. The first kappa shape index (κ1) is 23.5. The third kappa shape index (κ3) is 6.34. The van der Waals surface area contributed by atoms with Gasteiger partial charge >= 0.3 is 0 Å². The molecule has 0 unspecified atom stereocenters. The number of amides is 2. The molecule has 0 radical (unpaired) electrons. The number of nitrogens with zero attached hydrogens (tertiary/aromatic N) is 1. The molecule has 1 N–H and O–H groups in total. The quantitative estimate of drug-likeness (QED) is 0.674. The Labute approximate surface area is 180 Å². The Morgan fingerprint density at radius 1 is 1.10 bits per heavy atom. The van der Waals surface area contributed by atoms with Crippen molar-refractivity contribution in [3.05, 3.63) is 64.7 Å². The van der Waals surface area contributed by atoms with Crippen LogP contribution in [-0.4, -0.2) is 35.9 Å². The lowest BCUT2D eigenvalue weighted by Gasteiger charge is -2.31. The molecule has 0 saturated carbocycles. The second-order valence-corrected chi connectivity index (χ2v) is 8.07. The van der Waals surface area contributed by atoms with E-state index in [1.165, 1.54) is 0 Å². The largest absolute Gasteiger partial charge is 0.497 e. The van der Waals surface area contributed by atoms with Crippen LogP contribution in [0.3, 0.4) is 0 Å². The van der Waals surface area contributed by atoms with Gasteiger partial charge in [0.25, 0.3) is 0 Å². The summed E-state index contributed by atoms with van der Waals surface area (Å²) in [6.45, 7) is 10.2. The normalized spacial score (nSPS) is 11.8. The first-order valence-electron chi connectivity index (χ1n) is 10.5. The molecule has 0 aliphatic rings. The highest BCUT2D eigenvalue weighted by Gasteiger charge is 2.29. The summed E-state index contributed by atoms with van der Waals surface area (Å²) in [6, 6.07) is 13.2. The van der Waals surface area contributed by atoms with E-state index in [0.717, 1.165) is 28.0 Å². The second kappa shape index (κ2) is 10.8. The number of nitrogens with one attached hydrogen (secondary N) is 1. The molecule has 5 nitrogen and oxygen atoms in total. The van der Waals surface area contributed by atoms with Gasteiger partial charge in [0.2, 0.25) is 11.8 Å². The molecule has 0 saturated heterocycles. The number of hydrogen-bond acceptors (Lipinski definition) is 3. The molecule has 0 bridgehead atoms. The summed E-state index contributed by atoms with van der Waals surface area (Å²) >= 11 is 0. The van der Waals surface area contributed by atoms with E-state index in [1.807, 2.05) is 77.1 Å². The van der Waals surface area contributed by atoms with Crippen molar-refractivity contribution in [1.29, 1.82) is 0 Å². The number of hydrogen-bond donors (Lipinski definition) is 1. The fourth-order valence-electron chi connectivity index (χ4n) is 3.52. The number of rotatable bonds is 9. The maximum atomic E-state index is 13.4. The standard InChI is InChI=1S/C25H34N2O3/c1-7-23(25(29)26-17(2)3)27(16-20-9-8-10-22(14-20)30-6)24(28)15-21-13-18(4)11-12-19(21)5/h8-14,17,23H,7,15-16H2,1-6H3,(H,26,29)/t23-/m0/s1. The minimum Gasteiger partial charge on any atom is -0.497 e. The predicted octanol–water partition coefficient (Wildman–Crippen LogP) is 4.19. The zero-order valence-electron chi connectivity index (χ0n) is 19.0. The topological polar surface area (TPSA) is 58.6 Å². The van der Waals surface area contributed by atoms with Gasteiger partial charge in [0.15, 0.2) is 0 Å². The van der Waals surface area contributed by atoms with Crippen LogP contribution in [0.1, 0.15) is 49.4 Å². The molecule has 5 heteroatoms. The number of carbonyl (C=O) groups is 2. The average Bonchev–Trinajstić information content (AvgIpc) is 2.70. The number of carbonyl (C=O) groups excluding carboxylic acids is 2. The third-order valence-corrected chi connectivity index (χ3v) is 5.15. The molecule has 2 aromatic rings. The summed E-state index contributed by atoms with van der Waals surface area (Å²) < 4.78 is 5.33. The lowest BCUT2D eigenvalue weighted by atomic mass is 10.0. The van der Waals surface area contributed by atoms with Crippen LogP contribution in [0.25, 0.3) is 0 Å². The van der Waals surface area contributed by atoms with E-state index in [4.69, 9.17) is 4.74 Å². The van der Waals surface area contributed by atoms with Gasteiger partial charge < -0.3 is 15.0 Å². The summed E-state index contributed by atoms with van der Waals surface area (Å²) in [7, 11) is 1.62. The number of ether oxygens (including phenoxy) is 1. The Morgan fingerprint density at radius 2 is 1.83 bits per heavy atom. The molecule has 0 fully saturated rings. The summed E-state index contributed by atoms with van der Waals surface area (Å²) in [5, 5.41) is 2.96. The summed E-state index contributed by atoms with van der Waals surface area (Å²) in [5.74, 6) is 0.552. The Balaban J connectivity index is 2.36. The molecule has 0 spiro atoms. The molecule has 2 aromatic carbocycles. The van der Waals surface area contributed by atoms with E-state index in [-0.39, 0.29) is 24.3 Å². The van der Waals surface area contributed by atoms with Crippen LogP contribution in [0.15, 0.2) is 42.5 Å². The van der Waals surface area contributed by atoms with Crippen molar-refractivity contribution in [2.75, 3.05) is 7.11 Å². The minimum absolute atomic E-state index is 0.0133. The van der Waals surface area contributed by atoms with Crippen molar-refractivity contribution in [2.45, 2.75) is 66.1 Å². The molecule has 0 aromatic heterocycles. The molecule has 30 heavy (non-hydrogen) atoms. The maximum Gasteiger partial charge on any atom is 0.243 e. The zero-order chi connectivity index (χ0) is 22.3. The van der Waals surface area contributed by atoms with Gasteiger partial charge in [-0.1, -0.05) is 42.8 Å². The highest BCUT2D eigenvalue weighted by atomic mass is 16.5. The molecule has 0 heterocycles. The predicted molar refractivity (Wildman–Crippen MR) is 121 cm³/mol. The van der Waals surface area contributed by atoms with Gasteiger partial charge in [-0.15, -0.1) is 0 Å². The zero-order valence-corrected chi connectivity index (χ0v) is 19.0. The van der Waals surface area contributed by atoms with E-state index < -0.39 is 6.04 Å². The fourth-order valence-corrected chi connectivity index (χ4v) is 3.52. The van der Waals surface area contributed by atoms with E-state index in [2.05, 4.69) is 5.32 Å². The second-order valence-electron chi connectivity index (χ2n) is 8.07. The van der Waals surface area contributed by atoms with Crippen molar-refractivity contribution in [1.82, 2.24) is 10.2 Å². The number of methoxy groups -OCH3 is 1. The summed E-state index contributed by atoms with van der Waals surface area (Å²) in [4.78, 5) is 28.0. The van der Waals surface area contributed by atoms with Crippen molar-refractivity contribution in [2.24, 2.45) is 0 Å². The van der Waals surface area contributed by atoms with Gasteiger partial charge in [-0.05, 0) is 62.9 Å². The van der Waals surface area contributed by atoms with Crippen LogP contribution in [0.4, 0.5) is 0 Å². The number of benzene rings is 2. The smallest absolute Gasteiger partial charge is 0.243 e. The van der Waals surface area contributed by atoms with E-state index in [1.54, 1.807) is 12.0 Å². The molecule has 2 rings (SSSR count). The average molecular weight is 411 g/mol. The first-order valence-corrected chi connectivity index (χ1v) is 10.5. The highest BCUT2D eigenvalue weighted by molar-refractivity contribution is 5.88. The maximum absolute atomic E-state index is 13.4. The van der Waals surface area contributed by atoms with Crippen LogP contribution in [0, 0.1) is 13.8 Å². The molecule has 1 atom stereocenters. The van der Waals surface area contributed by atoms with Crippen LogP contribution >= 0.6 is 0 Å². The monoisotopic (exact) mass is 410 g/mol. The Hall–Kier alpha value is -2.82. The highest BCUT2D eigenvalue weighted by Crippen LogP contribution is 2.19. The summed E-state index contributed by atoms with van der Waals surface area (Å²) in [5.41, 5.74) is 4.12. The first-order chi connectivity index (χ1) is 14.2. The molecule has 0 aliphatic heterocycles. The van der Waals surface area contributed by atoms with Crippen LogP contribution in [0.5, 0.6) is 5.75 Å². The van der Waals surface area contributed by atoms with Crippen molar-refractivity contribution < 1.29 is 14.3 Å². The van der Waals surface area contributed by atoms with E-state index in [0.29, 0.717) is 13.0 Å². The van der Waals surface area contributed by atoms with Gasteiger partial charge in [-0.25, -0.2) is 0 Å². The minimum atomic E-state index is -0.531. The Morgan fingerprint density at radius 3 is 2.47 bits per heavy atom. The van der Waals surface area contributed by atoms with Gasteiger partial charge in [0.1, 0.15) is 11.8 Å². The van der Waals surface area contributed by atoms with Gasteiger partial charge in [-0.2, -0.15) is 0 Å². The Bertz CT molecular complexity index is 876. The molecule has 162 valence electrons. The molecular weight excluding hydrogens is 376 g/mol. The van der Waals surface area contributed by atoms with Crippen molar-refractivity contribution in [3.63, 3.8) is 0 Å². The molecular formula is C25H34N2O3. The van der Waals surface area contributed by atoms with Gasteiger partial charge in [-0.3, -0.25) is 9.59 Å². The van der Waals surface area contributed by atoms with E-state index in [9.17, 15) is 9.59 Å². The van der Waals surface area contributed by atoms with Crippen molar-refractivity contribution >= 4 is 11.8 Å². The van der Waals surface area contributed by atoms with Gasteiger partial charge in [0, 0.05) is 12.6 Å². The lowest BCUT2D eigenvalue weighted by Crippen LogP contribution is -2.50. The lowest BCUT2D eigenvalue weighted by molar-refractivity contribution is -0.141. The summed E-state index contributed by atoms with van der Waals surface area (Å²) in [6.07, 6.45) is 0.810. The van der Waals surface area contributed by atoms with Crippen LogP contribution in [0.2, 0.25) is 0 Å². The van der Waals surface area contributed by atoms with E-state index >= 15 is 0 Å². The van der Waals surface area contributed by atoms with Crippen LogP contribution in [-0.2, 0) is 22.6 Å². The Kier molecular flexibility index (Phi) is 8.46. The third-order valence-electron chi connectivity index (χ3n) is 5.15. The fraction of sp³-hybridized carbons (Fsp3) is 0.440. The van der Waals surface area contributed by atoms with Crippen molar-refractivity contribution in [3.8, 4) is 5.75 Å². The van der Waals surface area contributed by atoms with Gasteiger partial charge in [0.05, 0.1) is 13.5 Å². The molecule has 0 aliphatic carbocycles. The van der Waals surface area contributed by atoms with Crippen LogP contribution < -0.4 is 10.1 Å². The SMILES string of the molecule is CC[C@@H](C(=O)NC(C)C)N(Cc1cccc(OC)c1)C(=O)Cc1cc(C)ccc1C.